The topological polar surface area (TPSA) is 45.2 Å². The minimum Gasteiger partial charge on any atom is -0.361 e. The molecule has 0 saturated heterocycles. The molecule has 0 aliphatic heterocycles. The van der Waals surface area contributed by atoms with E-state index in [-0.39, 0.29) is 0 Å². The Morgan fingerprint density at radius 2 is 2.29 bits per heavy atom. The zero-order valence-electron chi connectivity index (χ0n) is 7.20. The second kappa shape index (κ2) is 3.75. The molecule has 4 heteroatoms. The summed E-state index contributed by atoms with van der Waals surface area (Å²) in [5.41, 5.74) is 2.00. The number of halogens is 1. The van der Waals surface area contributed by atoms with Gasteiger partial charge in [0.2, 0.25) is 0 Å². The number of aromatic amines is 1. The first-order valence-corrected chi connectivity index (χ1v) is 4.86. The van der Waals surface area contributed by atoms with Crippen molar-refractivity contribution in [1.82, 2.24) is 4.98 Å². The van der Waals surface area contributed by atoms with Gasteiger partial charge in [-0.2, -0.15) is 0 Å². The van der Waals surface area contributed by atoms with Crippen molar-refractivity contribution in [2.24, 2.45) is 5.18 Å². The van der Waals surface area contributed by atoms with Gasteiger partial charge in [0.15, 0.2) is 0 Å². The van der Waals surface area contributed by atoms with Gasteiger partial charge in [0.1, 0.15) is 0 Å². The molecular formula is C10H7BrN2O. The Balaban J connectivity index is 2.58. The number of aromatic nitrogens is 1. The van der Waals surface area contributed by atoms with Gasteiger partial charge in [-0.05, 0) is 23.4 Å². The summed E-state index contributed by atoms with van der Waals surface area (Å²) >= 11 is 3.39. The van der Waals surface area contributed by atoms with Crippen LogP contribution in [0.3, 0.4) is 0 Å². The van der Waals surface area contributed by atoms with Crippen molar-refractivity contribution in [3.8, 4) is 0 Å². The summed E-state index contributed by atoms with van der Waals surface area (Å²) in [5, 5.41) is 3.76. The number of H-pyrrole nitrogens is 1. The monoisotopic (exact) mass is 250 g/mol. The highest BCUT2D eigenvalue weighted by Gasteiger charge is 2.00. The molecule has 0 spiro atoms. The lowest BCUT2D eigenvalue weighted by Crippen LogP contribution is -1.69. The predicted octanol–water partition coefficient (Wildman–Crippen LogP) is 3.67. The Kier molecular flexibility index (Phi) is 2.45. The predicted molar refractivity (Wildman–Crippen MR) is 60.8 cm³/mol. The van der Waals surface area contributed by atoms with E-state index in [1.165, 1.54) is 6.20 Å². The van der Waals surface area contributed by atoms with E-state index in [1.807, 2.05) is 24.4 Å². The minimum atomic E-state index is 0.965. The van der Waals surface area contributed by atoms with Gasteiger partial charge >= 0.3 is 0 Å². The smallest absolute Gasteiger partial charge is 0.0721 e. The number of nitrogens with one attached hydrogen (secondary N) is 1. The van der Waals surface area contributed by atoms with Gasteiger partial charge in [0, 0.05) is 27.1 Å². The molecule has 3 nitrogen and oxygen atoms in total. The Labute approximate surface area is 88.9 Å². The number of nitrogens with zero attached hydrogens (tertiary/aromatic N) is 1. The SMILES string of the molecule is O=NC=Cc1c[nH]c2cc(Br)ccc12. The third-order valence-corrected chi connectivity index (χ3v) is 2.48. The van der Waals surface area contributed by atoms with Crippen LogP contribution in [0.4, 0.5) is 0 Å². The Hall–Kier alpha value is -1.42. The molecule has 1 N–H and O–H groups in total. The molecule has 0 amide bonds. The molecule has 14 heavy (non-hydrogen) atoms. The molecule has 0 fully saturated rings. The van der Waals surface area contributed by atoms with Gasteiger partial charge in [-0.3, -0.25) is 0 Å². The van der Waals surface area contributed by atoms with Gasteiger partial charge in [-0.1, -0.05) is 22.0 Å². The fourth-order valence-corrected chi connectivity index (χ4v) is 1.73. The number of hydrogen-bond donors (Lipinski definition) is 1. The first kappa shape index (κ1) is 9.15. The van der Waals surface area contributed by atoms with Crippen molar-refractivity contribution in [1.29, 1.82) is 0 Å². The molecule has 2 aromatic rings. The second-order valence-corrected chi connectivity index (χ2v) is 3.77. The van der Waals surface area contributed by atoms with E-state index in [0.717, 1.165) is 20.9 Å². The summed E-state index contributed by atoms with van der Waals surface area (Å²) < 4.78 is 1.02. The van der Waals surface area contributed by atoms with E-state index in [4.69, 9.17) is 0 Å². The normalized spacial score (nSPS) is 11.2. The van der Waals surface area contributed by atoms with Crippen LogP contribution in [0, 0.1) is 4.91 Å². The van der Waals surface area contributed by atoms with Crippen LogP contribution in [-0.2, 0) is 0 Å². The number of nitroso groups, excluding NO2 is 1. The lowest BCUT2D eigenvalue weighted by atomic mass is 10.2. The highest BCUT2D eigenvalue weighted by molar-refractivity contribution is 9.10. The number of fused-ring (bicyclic) bond motifs is 1. The molecule has 0 aliphatic carbocycles. The van der Waals surface area contributed by atoms with Crippen LogP contribution in [0.2, 0.25) is 0 Å². The Morgan fingerprint density at radius 1 is 1.43 bits per heavy atom. The van der Waals surface area contributed by atoms with Crippen molar-refractivity contribution in [3.05, 3.63) is 45.5 Å². The molecule has 1 heterocycles. The van der Waals surface area contributed by atoms with Crippen LogP contribution >= 0.6 is 15.9 Å². The quantitative estimate of drug-likeness (QED) is 0.813. The molecule has 0 saturated carbocycles. The van der Waals surface area contributed by atoms with Gasteiger partial charge in [0.25, 0.3) is 0 Å². The average molecular weight is 251 g/mol. The maximum atomic E-state index is 9.94. The number of rotatable bonds is 2. The van der Waals surface area contributed by atoms with Crippen LogP contribution in [0.15, 0.2) is 40.2 Å². The maximum Gasteiger partial charge on any atom is 0.0721 e. The maximum absolute atomic E-state index is 9.94. The van der Waals surface area contributed by atoms with Crippen molar-refractivity contribution < 1.29 is 0 Å². The molecule has 1 aromatic heterocycles. The summed E-state index contributed by atoms with van der Waals surface area (Å²) in [6.07, 6.45) is 4.77. The highest BCUT2D eigenvalue weighted by Crippen LogP contribution is 2.23. The first-order valence-electron chi connectivity index (χ1n) is 4.07. The average Bonchev–Trinajstić information content (AvgIpc) is 2.57. The van der Waals surface area contributed by atoms with Crippen molar-refractivity contribution >= 4 is 32.9 Å². The van der Waals surface area contributed by atoms with Gasteiger partial charge in [-0.25, -0.2) is 0 Å². The van der Waals surface area contributed by atoms with E-state index < -0.39 is 0 Å². The molecule has 0 atom stereocenters. The lowest BCUT2D eigenvalue weighted by molar-refractivity contribution is 1.46. The molecule has 0 aliphatic rings. The molecule has 1 aromatic carbocycles. The summed E-state index contributed by atoms with van der Waals surface area (Å²) in [5.74, 6) is 0. The summed E-state index contributed by atoms with van der Waals surface area (Å²) in [4.78, 5) is 13.0. The van der Waals surface area contributed by atoms with E-state index in [2.05, 4.69) is 26.1 Å². The third kappa shape index (κ3) is 1.61. The van der Waals surface area contributed by atoms with E-state index in [0.29, 0.717) is 0 Å². The summed E-state index contributed by atoms with van der Waals surface area (Å²) in [6.45, 7) is 0. The van der Waals surface area contributed by atoms with Crippen molar-refractivity contribution in [3.63, 3.8) is 0 Å². The first-order chi connectivity index (χ1) is 6.81. The van der Waals surface area contributed by atoms with E-state index in [1.54, 1.807) is 6.08 Å². The van der Waals surface area contributed by atoms with Crippen LogP contribution < -0.4 is 0 Å². The molecule has 0 bridgehead atoms. The van der Waals surface area contributed by atoms with Crippen molar-refractivity contribution in [2.75, 3.05) is 0 Å². The fraction of sp³-hybridized carbons (Fsp3) is 0. The highest BCUT2D eigenvalue weighted by atomic mass is 79.9. The number of hydrogen-bond acceptors (Lipinski definition) is 2. The van der Waals surface area contributed by atoms with Crippen LogP contribution in [-0.4, -0.2) is 4.98 Å². The zero-order valence-corrected chi connectivity index (χ0v) is 8.78. The zero-order chi connectivity index (χ0) is 9.97. The van der Waals surface area contributed by atoms with Crippen LogP contribution in [0.1, 0.15) is 5.56 Å². The summed E-state index contributed by atoms with van der Waals surface area (Å²) in [6, 6.07) is 5.93. The van der Waals surface area contributed by atoms with Gasteiger partial charge in [0.05, 0.1) is 6.20 Å². The van der Waals surface area contributed by atoms with Crippen LogP contribution in [0.25, 0.3) is 17.0 Å². The Morgan fingerprint density at radius 3 is 3.07 bits per heavy atom. The van der Waals surface area contributed by atoms with E-state index in [9.17, 15) is 4.91 Å². The van der Waals surface area contributed by atoms with Gasteiger partial charge in [-0.15, -0.1) is 4.91 Å². The standard InChI is InChI=1S/C10H7BrN2O/c11-8-1-2-9-7(3-4-13-14)6-12-10(9)5-8/h1-6,12H. The molecular weight excluding hydrogens is 244 g/mol. The largest absolute Gasteiger partial charge is 0.361 e. The lowest BCUT2D eigenvalue weighted by Gasteiger charge is -1.92. The fourth-order valence-electron chi connectivity index (χ4n) is 1.37. The third-order valence-electron chi connectivity index (χ3n) is 1.99. The summed E-state index contributed by atoms with van der Waals surface area (Å²) in [7, 11) is 0. The minimum absolute atomic E-state index is 0.965. The second-order valence-electron chi connectivity index (χ2n) is 2.86. The van der Waals surface area contributed by atoms with Crippen molar-refractivity contribution in [2.45, 2.75) is 0 Å². The molecule has 70 valence electrons. The van der Waals surface area contributed by atoms with Gasteiger partial charge < -0.3 is 4.98 Å². The van der Waals surface area contributed by atoms with Crippen LogP contribution in [0.5, 0.6) is 0 Å². The molecule has 0 unspecified atom stereocenters. The molecule has 2 rings (SSSR count). The Bertz CT molecular complexity index is 502. The molecule has 0 radical (unpaired) electrons. The van der Waals surface area contributed by atoms with E-state index >= 15 is 0 Å². The number of benzene rings is 1.